The van der Waals surface area contributed by atoms with Crippen LogP contribution >= 0.6 is 0 Å². The molecule has 1 aromatic carbocycles. The second-order valence-corrected chi connectivity index (χ2v) is 8.39. The first-order valence-corrected chi connectivity index (χ1v) is 10.6. The minimum atomic E-state index is -0.380. The van der Waals surface area contributed by atoms with E-state index < -0.39 is 0 Å². The molecule has 1 fully saturated rings. The van der Waals surface area contributed by atoms with Crippen LogP contribution in [0.2, 0.25) is 0 Å². The third-order valence-electron chi connectivity index (χ3n) is 6.51. The lowest BCUT2D eigenvalue weighted by Gasteiger charge is -2.31. The Kier molecular flexibility index (Phi) is 4.77. The fraction of sp³-hybridized carbons (Fsp3) is 0.409. The van der Waals surface area contributed by atoms with Gasteiger partial charge in [0, 0.05) is 44.2 Å². The van der Waals surface area contributed by atoms with Crippen molar-refractivity contribution in [3.63, 3.8) is 0 Å². The third kappa shape index (κ3) is 3.38. The molecule has 1 aliphatic heterocycles. The monoisotopic (exact) mass is 424 g/mol. The molecule has 0 unspecified atom stereocenters. The van der Waals surface area contributed by atoms with Gasteiger partial charge >= 0.3 is 5.69 Å². The van der Waals surface area contributed by atoms with Gasteiger partial charge in [-0.25, -0.2) is 14.2 Å². The van der Waals surface area contributed by atoms with Gasteiger partial charge in [0.2, 0.25) is 0 Å². The summed E-state index contributed by atoms with van der Waals surface area (Å²) in [5.74, 6) is 0.919. The number of nitrogens with zero attached hydrogens (tertiary/aromatic N) is 4. The first-order chi connectivity index (χ1) is 14.9. The molecule has 8 nitrogen and oxygen atoms in total. The van der Waals surface area contributed by atoms with Crippen molar-refractivity contribution >= 4 is 22.1 Å². The molecular formula is C22H25FN6O2. The molecule has 0 bridgehead atoms. The Hall–Kier alpha value is -3.20. The zero-order chi connectivity index (χ0) is 21.7. The molecule has 0 atom stereocenters. The Morgan fingerprint density at radius 1 is 1.16 bits per heavy atom. The fourth-order valence-electron chi connectivity index (χ4n) is 4.68. The maximum absolute atomic E-state index is 13.7. The maximum atomic E-state index is 13.7. The topological polar surface area (TPSA) is 91.7 Å². The van der Waals surface area contributed by atoms with Gasteiger partial charge in [-0.05, 0) is 55.6 Å². The highest BCUT2D eigenvalue weighted by Crippen LogP contribution is 2.33. The van der Waals surface area contributed by atoms with E-state index in [0.717, 1.165) is 47.9 Å². The molecule has 5 rings (SSSR count). The van der Waals surface area contributed by atoms with Crippen molar-refractivity contribution in [1.82, 2.24) is 29.0 Å². The van der Waals surface area contributed by atoms with E-state index in [4.69, 9.17) is 0 Å². The van der Waals surface area contributed by atoms with Crippen LogP contribution in [0, 0.1) is 5.82 Å². The normalized spacial score (nSPS) is 16.0. The number of likely N-dealkylation sites (tertiary alicyclic amines) is 1. The summed E-state index contributed by atoms with van der Waals surface area (Å²) in [6.45, 7) is 2.73. The van der Waals surface area contributed by atoms with E-state index in [-0.39, 0.29) is 17.1 Å². The molecule has 31 heavy (non-hydrogen) atoms. The van der Waals surface area contributed by atoms with Crippen LogP contribution in [0.15, 0.2) is 34.0 Å². The molecule has 1 saturated heterocycles. The van der Waals surface area contributed by atoms with E-state index in [0.29, 0.717) is 29.3 Å². The van der Waals surface area contributed by atoms with E-state index in [2.05, 4.69) is 19.9 Å². The van der Waals surface area contributed by atoms with Gasteiger partial charge in [-0.1, -0.05) is 0 Å². The molecule has 0 amide bonds. The summed E-state index contributed by atoms with van der Waals surface area (Å²) in [4.78, 5) is 37.6. The van der Waals surface area contributed by atoms with Gasteiger partial charge in [0.1, 0.15) is 17.2 Å². The number of rotatable bonds is 4. The number of hydrogen-bond acceptors (Lipinski definition) is 4. The number of imidazole rings is 1. The number of aromatic nitrogens is 5. The first-order valence-electron chi connectivity index (χ1n) is 10.6. The number of aryl methyl sites for hydroxylation is 1. The molecule has 0 radical (unpaired) electrons. The lowest BCUT2D eigenvalue weighted by atomic mass is 9.89. The summed E-state index contributed by atoms with van der Waals surface area (Å²) in [6.07, 6.45) is 4.72. The molecule has 0 aliphatic carbocycles. The predicted octanol–water partition coefficient (Wildman–Crippen LogP) is 2.00. The second-order valence-electron chi connectivity index (χ2n) is 8.39. The minimum absolute atomic E-state index is 0.205. The Morgan fingerprint density at radius 3 is 2.71 bits per heavy atom. The van der Waals surface area contributed by atoms with Crippen LogP contribution in [0.1, 0.15) is 30.1 Å². The van der Waals surface area contributed by atoms with Gasteiger partial charge in [-0.2, -0.15) is 0 Å². The summed E-state index contributed by atoms with van der Waals surface area (Å²) in [5.41, 5.74) is 2.20. The average molecular weight is 424 g/mol. The molecular weight excluding hydrogens is 399 g/mol. The van der Waals surface area contributed by atoms with Gasteiger partial charge in [0.25, 0.3) is 5.56 Å². The lowest BCUT2D eigenvalue weighted by Crippen LogP contribution is -2.36. The molecule has 0 saturated carbocycles. The quantitative estimate of drug-likeness (QED) is 0.524. The summed E-state index contributed by atoms with van der Waals surface area (Å²) in [5, 5.41) is 0.980. The zero-order valence-corrected chi connectivity index (χ0v) is 17.6. The minimum Gasteiger partial charge on any atom is -0.361 e. The summed E-state index contributed by atoms with van der Waals surface area (Å²) >= 11 is 0. The Morgan fingerprint density at radius 2 is 1.94 bits per heavy atom. The van der Waals surface area contributed by atoms with Crippen LogP contribution in [0.4, 0.5) is 4.39 Å². The number of aromatic amines is 2. The molecule has 162 valence electrons. The van der Waals surface area contributed by atoms with Gasteiger partial charge < -0.3 is 14.9 Å². The van der Waals surface area contributed by atoms with Gasteiger partial charge in [0.15, 0.2) is 5.65 Å². The Labute approximate surface area is 177 Å². The summed E-state index contributed by atoms with van der Waals surface area (Å²) in [7, 11) is 3.09. The number of H-pyrrole nitrogens is 2. The number of halogens is 1. The predicted molar refractivity (Wildman–Crippen MR) is 117 cm³/mol. The molecule has 4 aromatic rings. The van der Waals surface area contributed by atoms with E-state index in [1.165, 1.54) is 23.2 Å². The molecule has 0 spiro atoms. The molecule has 1 aliphatic rings. The Bertz CT molecular complexity index is 1390. The van der Waals surface area contributed by atoms with Crippen LogP contribution in [0.5, 0.6) is 0 Å². The highest BCUT2D eigenvalue weighted by Gasteiger charge is 2.23. The number of piperidine rings is 1. The van der Waals surface area contributed by atoms with Gasteiger partial charge in [-0.3, -0.25) is 13.9 Å². The van der Waals surface area contributed by atoms with Crippen molar-refractivity contribution in [2.75, 3.05) is 19.6 Å². The number of nitrogens with one attached hydrogen (secondary N) is 2. The maximum Gasteiger partial charge on any atom is 0.332 e. The largest absolute Gasteiger partial charge is 0.361 e. The SMILES string of the molecule is Cn1c(=O)c2[nH]c(CCN3CCC(c4c[nH]c5ccc(F)cc45)CC3)nc2n(C)c1=O. The highest BCUT2D eigenvalue weighted by molar-refractivity contribution is 5.83. The number of benzene rings is 1. The first kappa shape index (κ1) is 19.7. The number of fused-ring (bicyclic) bond motifs is 2. The van der Waals surface area contributed by atoms with E-state index >= 15 is 0 Å². The molecule has 9 heteroatoms. The summed E-state index contributed by atoms with van der Waals surface area (Å²) < 4.78 is 16.2. The van der Waals surface area contributed by atoms with Crippen LogP contribution in [-0.2, 0) is 20.5 Å². The van der Waals surface area contributed by atoms with Crippen molar-refractivity contribution in [2.45, 2.75) is 25.2 Å². The summed E-state index contributed by atoms with van der Waals surface area (Å²) in [6, 6.07) is 4.89. The lowest BCUT2D eigenvalue weighted by molar-refractivity contribution is 0.214. The zero-order valence-electron chi connectivity index (χ0n) is 17.6. The number of hydrogen-bond donors (Lipinski definition) is 2. The second kappa shape index (κ2) is 7.49. The van der Waals surface area contributed by atoms with Crippen molar-refractivity contribution in [1.29, 1.82) is 0 Å². The van der Waals surface area contributed by atoms with Crippen LogP contribution in [0.25, 0.3) is 22.1 Å². The fourth-order valence-corrected chi connectivity index (χ4v) is 4.68. The van der Waals surface area contributed by atoms with E-state index in [9.17, 15) is 14.0 Å². The van der Waals surface area contributed by atoms with Gasteiger partial charge in [-0.15, -0.1) is 0 Å². The highest BCUT2D eigenvalue weighted by atomic mass is 19.1. The molecule has 3 aromatic heterocycles. The molecule has 4 heterocycles. The van der Waals surface area contributed by atoms with Crippen LogP contribution in [0.3, 0.4) is 0 Å². The van der Waals surface area contributed by atoms with Gasteiger partial charge in [0.05, 0.1) is 0 Å². The van der Waals surface area contributed by atoms with E-state index in [1.54, 1.807) is 19.2 Å². The van der Waals surface area contributed by atoms with Crippen molar-refractivity contribution in [2.24, 2.45) is 14.1 Å². The van der Waals surface area contributed by atoms with E-state index in [1.807, 2.05) is 6.20 Å². The molecule has 2 N–H and O–H groups in total. The van der Waals surface area contributed by atoms with Crippen LogP contribution in [-0.4, -0.2) is 48.6 Å². The van der Waals surface area contributed by atoms with Crippen molar-refractivity contribution < 1.29 is 4.39 Å². The van der Waals surface area contributed by atoms with Crippen molar-refractivity contribution in [3.05, 3.63) is 62.4 Å². The Balaban J connectivity index is 1.26. The third-order valence-corrected chi connectivity index (χ3v) is 6.51. The smallest absolute Gasteiger partial charge is 0.332 e. The van der Waals surface area contributed by atoms with Crippen molar-refractivity contribution in [3.8, 4) is 0 Å². The van der Waals surface area contributed by atoms with Crippen LogP contribution < -0.4 is 11.2 Å². The average Bonchev–Trinajstić information content (AvgIpc) is 3.39. The standard InChI is InChI=1S/C22H25FN6O2/c1-27-20-19(21(30)28(2)22(27)31)25-18(26-20)7-10-29-8-5-13(6-9-29)16-12-24-17-4-3-14(23)11-15(16)17/h3-4,11-13,24H,5-10H2,1-2H3,(H,25,26).